The lowest BCUT2D eigenvalue weighted by molar-refractivity contribution is 0.584. The highest BCUT2D eigenvalue weighted by molar-refractivity contribution is 7.99. The van der Waals surface area contributed by atoms with E-state index in [0.717, 1.165) is 30.8 Å². The zero-order valence-corrected chi connectivity index (χ0v) is 19.2. The van der Waals surface area contributed by atoms with Gasteiger partial charge in [-0.2, -0.15) is 0 Å². The molecule has 164 valence electrons. The third kappa shape index (κ3) is 5.65. The lowest BCUT2D eigenvalue weighted by atomic mass is 10.2. The van der Waals surface area contributed by atoms with E-state index in [0.29, 0.717) is 17.3 Å². The summed E-state index contributed by atoms with van der Waals surface area (Å²) in [5.74, 6) is 1.51. The smallest absolute Gasteiger partial charge is 0.229 e. The van der Waals surface area contributed by atoms with E-state index < -0.39 is 16.2 Å². The Bertz CT molecular complexity index is 1120. The van der Waals surface area contributed by atoms with Crippen LogP contribution in [0.5, 0.6) is 0 Å². The van der Waals surface area contributed by atoms with E-state index in [1.54, 1.807) is 30.5 Å². The maximum absolute atomic E-state index is 11.7. The third-order valence-corrected chi connectivity index (χ3v) is 6.68. The number of rotatable bonds is 5. The van der Waals surface area contributed by atoms with Crippen LogP contribution in [0.25, 0.3) is 0 Å². The molecule has 2 aliphatic rings. The van der Waals surface area contributed by atoms with Gasteiger partial charge in [-0.25, -0.2) is 17.8 Å². The number of halogens is 1. The SMILES string of the molecule is CS(=O)(=O)Nc1ccccc1NC1C=CN=C(Nc2ccc3c(c2)CNCCS3)N1Cl. The Morgan fingerprint density at radius 2 is 2.03 bits per heavy atom. The molecule has 2 aliphatic heterocycles. The van der Waals surface area contributed by atoms with Crippen LogP contribution in [-0.4, -0.2) is 43.5 Å². The molecule has 0 saturated carbocycles. The highest BCUT2D eigenvalue weighted by Gasteiger charge is 2.23. The summed E-state index contributed by atoms with van der Waals surface area (Å²) in [6, 6.07) is 13.3. The predicted octanol–water partition coefficient (Wildman–Crippen LogP) is 3.44. The van der Waals surface area contributed by atoms with Crippen LogP contribution in [0, 0.1) is 0 Å². The molecule has 0 saturated heterocycles. The van der Waals surface area contributed by atoms with Crippen molar-refractivity contribution in [3.8, 4) is 0 Å². The first-order valence-electron chi connectivity index (χ1n) is 9.65. The minimum absolute atomic E-state index is 0.441. The average molecular weight is 479 g/mol. The Morgan fingerprint density at radius 3 is 2.84 bits per heavy atom. The van der Waals surface area contributed by atoms with Gasteiger partial charge in [0.25, 0.3) is 0 Å². The summed E-state index contributed by atoms with van der Waals surface area (Å²) in [7, 11) is -3.41. The van der Waals surface area contributed by atoms with E-state index in [1.165, 1.54) is 14.9 Å². The van der Waals surface area contributed by atoms with Crippen LogP contribution in [0.1, 0.15) is 5.56 Å². The van der Waals surface area contributed by atoms with Gasteiger partial charge >= 0.3 is 0 Å². The molecule has 0 spiro atoms. The molecule has 4 rings (SSSR count). The van der Waals surface area contributed by atoms with Crippen molar-refractivity contribution in [3.05, 3.63) is 60.3 Å². The largest absolute Gasteiger partial charge is 0.359 e. The minimum atomic E-state index is -3.41. The van der Waals surface area contributed by atoms with Crippen molar-refractivity contribution in [2.24, 2.45) is 4.99 Å². The third-order valence-electron chi connectivity index (χ3n) is 4.61. The fourth-order valence-electron chi connectivity index (χ4n) is 3.23. The first-order chi connectivity index (χ1) is 14.9. The summed E-state index contributed by atoms with van der Waals surface area (Å²) in [4.78, 5) is 5.63. The molecule has 0 bridgehead atoms. The molecule has 1 unspecified atom stereocenters. The van der Waals surface area contributed by atoms with Crippen molar-refractivity contribution < 1.29 is 8.42 Å². The molecule has 0 amide bonds. The van der Waals surface area contributed by atoms with Gasteiger partial charge in [0.1, 0.15) is 6.17 Å². The summed E-state index contributed by atoms with van der Waals surface area (Å²) < 4.78 is 27.3. The molecule has 0 aromatic heterocycles. The zero-order valence-electron chi connectivity index (χ0n) is 16.8. The summed E-state index contributed by atoms with van der Waals surface area (Å²) in [6.07, 6.45) is 4.11. The van der Waals surface area contributed by atoms with E-state index in [-0.39, 0.29) is 0 Å². The highest BCUT2D eigenvalue weighted by atomic mass is 35.5. The van der Waals surface area contributed by atoms with Gasteiger partial charge in [0.2, 0.25) is 16.0 Å². The number of sulfonamides is 1. The van der Waals surface area contributed by atoms with Crippen molar-refractivity contribution >= 4 is 56.6 Å². The summed E-state index contributed by atoms with van der Waals surface area (Å²) >= 11 is 8.42. The van der Waals surface area contributed by atoms with Gasteiger partial charge in [0, 0.05) is 47.4 Å². The number of anilines is 3. The van der Waals surface area contributed by atoms with Crippen LogP contribution in [0.3, 0.4) is 0 Å². The number of hydrogen-bond acceptors (Lipinski definition) is 8. The molecule has 0 aliphatic carbocycles. The molecular weight excluding hydrogens is 456 g/mol. The second kappa shape index (κ2) is 9.39. The summed E-state index contributed by atoms with van der Waals surface area (Å²) in [5.41, 5.74) is 3.16. The summed E-state index contributed by atoms with van der Waals surface area (Å²) in [5, 5.41) is 9.93. The van der Waals surface area contributed by atoms with Gasteiger partial charge in [-0.1, -0.05) is 12.1 Å². The molecule has 2 heterocycles. The molecule has 2 aromatic carbocycles. The van der Waals surface area contributed by atoms with Crippen molar-refractivity contribution in [3.63, 3.8) is 0 Å². The van der Waals surface area contributed by atoms with Gasteiger partial charge < -0.3 is 16.0 Å². The van der Waals surface area contributed by atoms with Crippen LogP contribution in [-0.2, 0) is 16.6 Å². The second-order valence-electron chi connectivity index (χ2n) is 7.09. The minimum Gasteiger partial charge on any atom is -0.359 e. The Balaban J connectivity index is 1.48. The van der Waals surface area contributed by atoms with Gasteiger partial charge in [0.05, 0.1) is 17.6 Å². The number of para-hydroxylation sites is 2. The number of aliphatic imine (C=N–C) groups is 1. The number of fused-ring (bicyclic) bond motifs is 1. The van der Waals surface area contributed by atoms with E-state index >= 15 is 0 Å². The number of nitrogens with one attached hydrogen (secondary N) is 4. The molecule has 0 fully saturated rings. The van der Waals surface area contributed by atoms with Crippen LogP contribution in [0.4, 0.5) is 17.1 Å². The molecule has 4 N–H and O–H groups in total. The van der Waals surface area contributed by atoms with Crippen molar-refractivity contribution in [2.75, 3.05) is 33.9 Å². The molecule has 2 aromatic rings. The number of thioether (sulfide) groups is 1. The second-order valence-corrected chi connectivity index (χ2v) is 10.3. The molecule has 11 heteroatoms. The molecule has 1 atom stereocenters. The Kier molecular flexibility index (Phi) is 6.61. The first-order valence-corrected chi connectivity index (χ1v) is 12.9. The van der Waals surface area contributed by atoms with Crippen LogP contribution in [0.2, 0.25) is 0 Å². The number of nitrogens with zero attached hydrogens (tertiary/aromatic N) is 2. The standard InChI is InChI=1S/C20H23ClN6O2S2/c1-31(28,29)26-17-5-3-2-4-16(17)25-19-8-9-23-20(27(19)21)24-15-6-7-18-14(12-15)13-22-10-11-30-18/h2-9,12,19,22,25-26H,10-11,13H2,1H3,(H,23,24). The van der Waals surface area contributed by atoms with Gasteiger partial charge in [-0.3, -0.25) is 4.72 Å². The Hall–Kier alpha value is -2.40. The van der Waals surface area contributed by atoms with E-state index in [4.69, 9.17) is 11.8 Å². The molecule has 0 radical (unpaired) electrons. The average Bonchev–Trinajstić information content (AvgIpc) is 2.96. The Morgan fingerprint density at radius 1 is 1.23 bits per heavy atom. The molecule has 31 heavy (non-hydrogen) atoms. The molecular formula is C20H23ClN6O2S2. The number of hydrogen-bond donors (Lipinski definition) is 4. The van der Waals surface area contributed by atoms with Crippen LogP contribution >= 0.6 is 23.5 Å². The predicted molar refractivity (Wildman–Crippen MR) is 129 cm³/mol. The highest BCUT2D eigenvalue weighted by Crippen LogP contribution is 2.29. The van der Waals surface area contributed by atoms with E-state index in [1.807, 2.05) is 23.9 Å². The topological polar surface area (TPSA) is 97.9 Å². The maximum atomic E-state index is 11.7. The van der Waals surface area contributed by atoms with Gasteiger partial charge in [0.15, 0.2) is 0 Å². The van der Waals surface area contributed by atoms with Crippen molar-refractivity contribution in [2.45, 2.75) is 17.6 Å². The first kappa shape index (κ1) is 21.8. The normalized spacial score (nSPS) is 18.6. The zero-order chi connectivity index (χ0) is 21.8. The monoisotopic (exact) mass is 478 g/mol. The van der Waals surface area contributed by atoms with Gasteiger partial charge in [-0.15, -0.1) is 11.8 Å². The van der Waals surface area contributed by atoms with E-state index in [2.05, 4.69) is 37.8 Å². The maximum Gasteiger partial charge on any atom is 0.229 e. The Labute approximate surface area is 191 Å². The van der Waals surface area contributed by atoms with Crippen molar-refractivity contribution in [1.29, 1.82) is 0 Å². The van der Waals surface area contributed by atoms with Crippen LogP contribution < -0.4 is 20.7 Å². The summed E-state index contributed by atoms with van der Waals surface area (Å²) in [6.45, 7) is 1.81. The van der Waals surface area contributed by atoms with Crippen LogP contribution in [0.15, 0.2) is 64.6 Å². The lowest BCUT2D eigenvalue weighted by Crippen LogP contribution is -2.42. The van der Waals surface area contributed by atoms with E-state index in [9.17, 15) is 8.42 Å². The number of benzene rings is 2. The fraction of sp³-hybridized carbons (Fsp3) is 0.250. The lowest BCUT2D eigenvalue weighted by Gasteiger charge is -2.30. The molecule has 8 nitrogen and oxygen atoms in total. The van der Waals surface area contributed by atoms with Crippen molar-refractivity contribution in [1.82, 2.24) is 9.74 Å². The number of guanidine groups is 1. The fourth-order valence-corrected chi connectivity index (χ4v) is 4.95. The van der Waals surface area contributed by atoms with Gasteiger partial charge in [-0.05, 0) is 42.0 Å². The quantitative estimate of drug-likeness (QED) is 0.488.